The molecule has 1 amide bonds. The number of carbonyl (C=O) groups is 1. The number of nitrogens with zero attached hydrogens (tertiary/aromatic N) is 2. The van der Waals surface area contributed by atoms with Crippen LogP contribution in [-0.4, -0.2) is 54.1 Å². The van der Waals surface area contributed by atoms with Crippen LogP contribution in [0.1, 0.15) is 38.5 Å². The Morgan fingerprint density at radius 3 is 2.32 bits per heavy atom. The summed E-state index contributed by atoms with van der Waals surface area (Å²) in [5.74, 6) is 0.0411. The van der Waals surface area contributed by atoms with Crippen LogP contribution in [0.25, 0.3) is 0 Å². The van der Waals surface area contributed by atoms with Crippen molar-refractivity contribution in [2.24, 2.45) is 0 Å². The van der Waals surface area contributed by atoms with E-state index in [2.05, 4.69) is 0 Å². The predicted molar refractivity (Wildman–Crippen MR) is 65.7 cm³/mol. The maximum absolute atomic E-state index is 12.3. The summed E-state index contributed by atoms with van der Waals surface area (Å²) in [4.78, 5) is 15.9. The van der Waals surface area contributed by atoms with Crippen LogP contribution in [0, 0.1) is 0 Å². The van der Waals surface area contributed by atoms with Gasteiger partial charge in [0.1, 0.15) is 0 Å². The lowest BCUT2D eigenvalue weighted by molar-refractivity contribution is -0.147. The molecule has 2 rings (SSSR count). The summed E-state index contributed by atoms with van der Waals surface area (Å²) < 4.78 is 37.0. The smallest absolute Gasteiger partial charge is 0.341 e. The molecule has 0 N–H and O–H groups in total. The monoisotopic (exact) mass is 278 g/mol. The van der Waals surface area contributed by atoms with Crippen molar-refractivity contribution in [2.75, 3.05) is 26.2 Å². The lowest BCUT2D eigenvalue weighted by Crippen LogP contribution is -2.51. The van der Waals surface area contributed by atoms with E-state index in [4.69, 9.17) is 0 Å². The van der Waals surface area contributed by atoms with E-state index in [1.165, 1.54) is 0 Å². The molecular formula is C13H21F3N2O. The summed E-state index contributed by atoms with van der Waals surface area (Å²) in [7, 11) is 0. The number of amides is 1. The van der Waals surface area contributed by atoms with Crippen LogP contribution >= 0.6 is 0 Å². The Morgan fingerprint density at radius 2 is 1.68 bits per heavy atom. The van der Waals surface area contributed by atoms with Crippen molar-refractivity contribution < 1.29 is 18.0 Å². The normalized spacial score (nSPS) is 25.8. The molecule has 0 bridgehead atoms. The number of likely N-dealkylation sites (tertiary alicyclic amines) is 2. The van der Waals surface area contributed by atoms with Gasteiger partial charge in [0.05, 0.1) is 12.5 Å². The Bertz CT molecular complexity index is 314. The number of hydrogen-bond acceptors (Lipinski definition) is 2. The van der Waals surface area contributed by atoms with Crippen molar-refractivity contribution in [2.45, 2.75) is 50.7 Å². The van der Waals surface area contributed by atoms with Gasteiger partial charge in [0, 0.05) is 19.6 Å². The zero-order valence-corrected chi connectivity index (χ0v) is 11.1. The van der Waals surface area contributed by atoms with Gasteiger partial charge in [-0.15, -0.1) is 0 Å². The van der Waals surface area contributed by atoms with Crippen LogP contribution in [0.3, 0.4) is 0 Å². The third-order valence-corrected chi connectivity index (χ3v) is 4.00. The molecule has 0 saturated carbocycles. The molecule has 0 aliphatic carbocycles. The summed E-state index contributed by atoms with van der Waals surface area (Å²) in [6.45, 7) is 2.10. The van der Waals surface area contributed by atoms with Gasteiger partial charge >= 0.3 is 6.18 Å². The van der Waals surface area contributed by atoms with Crippen molar-refractivity contribution in [1.29, 1.82) is 0 Å². The summed E-state index contributed by atoms with van der Waals surface area (Å²) >= 11 is 0. The van der Waals surface area contributed by atoms with Crippen molar-refractivity contribution in [3.8, 4) is 0 Å². The molecule has 110 valence electrons. The lowest BCUT2D eigenvalue weighted by Gasteiger charge is -2.36. The summed E-state index contributed by atoms with van der Waals surface area (Å²) in [6.07, 6.45) is -0.404. The van der Waals surface area contributed by atoms with Crippen LogP contribution in [0.5, 0.6) is 0 Å². The Morgan fingerprint density at radius 1 is 1.05 bits per heavy atom. The van der Waals surface area contributed by atoms with Crippen molar-refractivity contribution in [1.82, 2.24) is 9.80 Å². The van der Waals surface area contributed by atoms with Crippen molar-refractivity contribution in [3.05, 3.63) is 0 Å². The number of alkyl halides is 3. The zero-order chi connectivity index (χ0) is 13.9. The fourth-order valence-corrected chi connectivity index (χ4v) is 2.96. The minimum Gasteiger partial charge on any atom is -0.341 e. The number of rotatable bonds is 3. The van der Waals surface area contributed by atoms with E-state index in [-0.39, 0.29) is 18.5 Å². The Kier molecular flexibility index (Phi) is 4.71. The summed E-state index contributed by atoms with van der Waals surface area (Å²) in [6, 6.07) is -0.325. The fourth-order valence-electron chi connectivity index (χ4n) is 2.96. The van der Waals surface area contributed by atoms with Gasteiger partial charge < -0.3 is 4.90 Å². The fraction of sp³-hybridized carbons (Fsp3) is 0.923. The Labute approximate surface area is 111 Å². The molecule has 0 aromatic rings. The van der Waals surface area contributed by atoms with Crippen LogP contribution in [-0.2, 0) is 4.79 Å². The molecule has 0 radical (unpaired) electrons. The maximum Gasteiger partial charge on any atom is 0.390 e. The second-order valence-corrected chi connectivity index (χ2v) is 5.45. The topological polar surface area (TPSA) is 23.6 Å². The maximum atomic E-state index is 12.3. The highest BCUT2D eigenvalue weighted by Crippen LogP contribution is 2.25. The Balaban J connectivity index is 1.93. The molecule has 2 fully saturated rings. The summed E-state index contributed by atoms with van der Waals surface area (Å²) in [5.41, 5.74) is 0. The zero-order valence-electron chi connectivity index (χ0n) is 11.1. The number of halogens is 3. The molecule has 19 heavy (non-hydrogen) atoms. The minimum atomic E-state index is -4.14. The third-order valence-electron chi connectivity index (χ3n) is 4.00. The highest BCUT2D eigenvalue weighted by molar-refractivity contribution is 5.82. The quantitative estimate of drug-likeness (QED) is 0.791. The van der Waals surface area contributed by atoms with Crippen LogP contribution in [0.15, 0.2) is 0 Å². The van der Waals surface area contributed by atoms with Gasteiger partial charge in [-0.1, -0.05) is 6.42 Å². The molecule has 2 saturated heterocycles. The largest absolute Gasteiger partial charge is 0.390 e. The molecule has 2 aliphatic rings. The van der Waals surface area contributed by atoms with Crippen LogP contribution < -0.4 is 0 Å². The first-order valence-electron chi connectivity index (χ1n) is 7.07. The first kappa shape index (κ1) is 14.6. The standard InChI is InChI=1S/C13H21F3N2O/c14-13(15,16)6-10-17-7-2-1-5-11(17)12(19)18-8-3-4-9-18/h11H,1-10H2/t11-/m1/s1. The molecule has 0 aromatic carbocycles. The SMILES string of the molecule is O=C([C@H]1CCCCN1CCC(F)(F)F)N1CCCC1. The van der Waals surface area contributed by atoms with Crippen molar-refractivity contribution >= 4 is 5.91 Å². The van der Waals surface area contributed by atoms with Gasteiger partial charge in [0.25, 0.3) is 0 Å². The lowest BCUT2D eigenvalue weighted by atomic mass is 10.0. The highest BCUT2D eigenvalue weighted by Gasteiger charge is 2.35. The van der Waals surface area contributed by atoms with Gasteiger partial charge in [-0.25, -0.2) is 0 Å². The van der Waals surface area contributed by atoms with Gasteiger partial charge in [0.15, 0.2) is 0 Å². The van der Waals surface area contributed by atoms with Gasteiger partial charge in [-0.2, -0.15) is 13.2 Å². The van der Waals surface area contributed by atoms with Crippen LogP contribution in [0.4, 0.5) is 13.2 Å². The van der Waals surface area contributed by atoms with Gasteiger partial charge in [-0.05, 0) is 32.2 Å². The first-order chi connectivity index (χ1) is 8.97. The molecule has 0 spiro atoms. The van der Waals surface area contributed by atoms with E-state index >= 15 is 0 Å². The minimum absolute atomic E-state index is 0.0411. The summed E-state index contributed by atoms with van der Waals surface area (Å²) in [5, 5.41) is 0. The van der Waals surface area contributed by atoms with E-state index in [1.54, 1.807) is 4.90 Å². The number of piperidine rings is 1. The van der Waals surface area contributed by atoms with E-state index in [0.717, 1.165) is 38.8 Å². The highest BCUT2D eigenvalue weighted by atomic mass is 19.4. The van der Waals surface area contributed by atoms with E-state index < -0.39 is 12.6 Å². The first-order valence-corrected chi connectivity index (χ1v) is 7.07. The number of hydrogen-bond donors (Lipinski definition) is 0. The van der Waals surface area contributed by atoms with E-state index in [0.29, 0.717) is 13.0 Å². The van der Waals surface area contributed by atoms with Crippen LogP contribution in [0.2, 0.25) is 0 Å². The van der Waals surface area contributed by atoms with E-state index in [1.807, 2.05) is 4.90 Å². The second-order valence-electron chi connectivity index (χ2n) is 5.45. The third kappa shape index (κ3) is 4.09. The Hall–Kier alpha value is -0.780. The molecule has 2 aliphatic heterocycles. The average Bonchev–Trinajstić information content (AvgIpc) is 2.89. The molecule has 6 heteroatoms. The molecule has 1 atom stereocenters. The number of carbonyl (C=O) groups excluding carboxylic acids is 1. The predicted octanol–water partition coefficient (Wildman–Crippen LogP) is 2.42. The molecule has 0 unspecified atom stereocenters. The second kappa shape index (κ2) is 6.11. The van der Waals surface area contributed by atoms with Gasteiger partial charge in [0.2, 0.25) is 5.91 Å². The van der Waals surface area contributed by atoms with E-state index in [9.17, 15) is 18.0 Å². The van der Waals surface area contributed by atoms with Crippen molar-refractivity contribution in [3.63, 3.8) is 0 Å². The average molecular weight is 278 g/mol. The molecular weight excluding hydrogens is 257 g/mol. The molecule has 3 nitrogen and oxygen atoms in total. The van der Waals surface area contributed by atoms with Gasteiger partial charge in [-0.3, -0.25) is 9.69 Å². The molecule has 2 heterocycles. The molecule has 0 aromatic heterocycles.